The number of likely N-dealkylation sites (tertiary alicyclic amines) is 1. The first-order valence-corrected chi connectivity index (χ1v) is 10.1. The number of aromatic nitrogens is 4. The minimum absolute atomic E-state index is 0.0600. The maximum Gasteiger partial charge on any atom is 0.249 e. The lowest BCUT2D eigenvalue weighted by atomic mass is 10.2. The standard InChI is InChI=1S/C17H17N5O2S2/c1-11-19-20-17(26-11)25-10-14(23)22-9-5-8-13(22)16-18-15(21-24-16)12-6-3-2-4-7-12/h2-4,6-7,13H,5,8-10H2,1H3/t13-/m0/s1. The summed E-state index contributed by atoms with van der Waals surface area (Å²) in [7, 11) is 0. The first-order chi connectivity index (χ1) is 12.7. The molecule has 3 aromatic rings. The number of hydrogen-bond acceptors (Lipinski definition) is 8. The molecule has 0 radical (unpaired) electrons. The minimum atomic E-state index is -0.149. The number of hydrogen-bond donors (Lipinski definition) is 0. The van der Waals surface area contributed by atoms with Crippen molar-refractivity contribution in [3.63, 3.8) is 0 Å². The Morgan fingerprint density at radius 2 is 2.19 bits per heavy atom. The highest BCUT2D eigenvalue weighted by atomic mass is 32.2. The molecule has 134 valence electrons. The van der Waals surface area contributed by atoms with E-state index in [-0.39, 0.29) is 11.9 Å². The summed E-state index contributed by atoms with van der Waals surface area (Å²) in [4.78, 5) is 19.0. The van der Waals surface area contributed by atoms with E-state index in [1.54, 1.807) is 0 Å². The van der Waals surface area contributed by atoms with Gasteiger partial charge in [-0.1, -0.05) is 58.6 Å². The van der Waals surface area contributed by atoms with Crippen LogP contribution in [-0.4, -0.2) is 43.4 Å². The lowest BCUT2D eigenvalue weighted by molar-refractivity contribution is -0.129. The predicted octanol–water partition coefficient (Wildman–Crippen LogP) is 3.35. The highest BCUT2D eigenvalue weighted by molar-refractivity contribution is 8.01. The molecule has 0 unspecified atom stereocenters. The minimum Gasteiger partial charge on any atom is -0.337 e. The Morgan fingerprint density at radius 1 is 1.35 bits per heavy atom. The molecule has 0 bridgehead atoms. The second kappa shape index (κ2) is 7.55. The van der Waals surface area contributed by atoms with Crippen molar-refractivity contribution in [1.29, 1.82) is 0 Å². The van der Waals surface area contributed by atoms with Crippen LogP contribution in [0.5, 0.6) is 0 Å². The zero-order valence-electron chi connectivity index (χ0n) is 14.2. The molecular weight excluding hydrogens is 370 g/mol. The number of benzene rings is 1. The first kappa shape index (κ1) is 17.2. The summed E-state index contributed by atoms with van der Waals surface area (Å²) in [5.74, 6) is 1.46. The summed E-state index contributed by atoms with van der Waals surface area (Å²) < 4.78 is 6.28. The smallest absolute Gasteiger partial charge is 0.249 e. The van der Waals surface area contributed by atoms with Crippen molar-refractivity contribution in [3.05, 3.63) is 41.2 Å². The summed E-state index contributed by atoms with van der Waals surface area (Å²) in [6, 6.07) is 9.54. The van der Waals surface area contributed by atoms with Crippen LogP contribution in [0.1, 0.15) is 29.8 Å². The summed E-state index contributed by atoms with van der Waals surface area (Å²) in [6.07, 6.45) is 1.77. The predicted molar refractivity (Wildman–Crippen MR) is 98.8 cm³/mol. The Bertz CT molecular complexity index is 895. The number of carbonyl (C=O) groups is 1. The molecule has 1 saturated heterocycles. The molecule has 3 heterocycles. The molecule has 0 N–H and O–H groups in total. The van der Waals surface area contributed by atoms with Crippen LogP contribution >= 0.6 is 23.1 Å². The SMILES string of the molecule is Cc1nnc(SCC(=O)N2CCC[C@H]2c2nc(-c3ccccc3)no2)s1. The fourth-order valence-corrected chi connectivity index (χ4v) is 4.64. The van der Waals surface area contributed by atoms with Gasteiger partial charge >= 0.3 is 0 Å². The van der Waals surface area contributed by atoms with Gasteiger partial charge in [0, 0.05) is 12.1 Å². The van der Waals surface area contributed by atoms with Gasteiger partial charge in [-0.05, 0) is 19.8 Å². The maximum atomic E-state index is 12.7. The number of thioether (sulfide) groups is 1. The maximum absolute atomic E-state index is 12.7. The van der Waals surface area contributed by atoms with Crippen LogP contribution in [0.4, 0.5) is 0 Å². The Hall–Kier alpha value is -2.26. The Balaban J connectivity index is 1.44. The summed E-state index contributed by atoms with van der Waals surface area (Å²) in [5.41, 5.74) is 0.903. The van der Waals surface area contributed by atoms with Gasteiger partial charge in [-0.15, -0.1) is 10.2 Å². The molecule has 26 heavy (non-hydrogen) atoms. The second-order valence-electron chi connectivity index (χ2n) is 5.94. The van der Waals surface area contributed by atoms with Crippen LogP contribution in [0.2, 0.25) is 0 Å². The van der Waals surface area contributed by atoms with Crippen LogP contribution < -0.4 is 0 Å². The molecule has 1 fully saturated rings. The van der Waals surface area contributed by atoms with Gasteiger partial charge in [-0.2, -0.15) is 4.98 Å². The number of rotatable bonds is 5. The van der Waals surface area contributed by atoms with E-state index < -0.39 is 0 Å². The quantitative estimate of drug-likeness (QED) is 0.621. The lowest BCUT2D eigenvalue weighted by Gasteiger charge is -2.21. The molecule has 1 aliphatic rings. The Labute approximate surface area is 158 Å². The molecule has 1 aliphatic heterocycles. The lowest BCUT2D eigenvalue weighted by Crippen LogP contribution is -2.32. The van der Waals surface area contributed by atoms with Gasteiger partial charge in [-0.25, -0.2) is 0 Å². The molecule has 2 aromatic heterocycles. The van der Waals surface area contributed by atoms with E-state index in [2.05, 4.69) is 20.3 Å². The van der Waals surface area contributed by atoms with Gasteiger partial charge in [0.1, 0.15) is 11.0 Å². The molecule has 1 atom stereocenters. The van der Waals surface area contributed by atoms with Crippen LogP contribution in [0.15, 0.2) is 39.2 Å². The zero-order chi connectivity index (χ0) is 17.9. The fourth-order valence-electron chi connectivity index (χ4n) is 2.94. The molecule has 1 amide bonds. The molecule has 0 saturated carbocycles. The molecule has 9 heteroatoms. The summed E-state index contributed by atoms with van der Waals surface area (Å²) in [6.45, 7) is 2.61. The van der Waals surface area contributed by atoms with E-state index in [4.69, 9.17) is 4.52 Å². The van der Waals surface area contributed by atoms with E-state index in [9.17, 15) is 4.79 Å². The van der Waals surface area contributed by atoms with Gasteiger partial charge in [0.15, 0.2) is 4.34 Å². The third-order valence-corrected chi connectivity index (χ3v) is 6.12. The van der Waals surface area contributed by atoms with Crippen LogP contribution in [0.3, 0.4) is 0 Å². The van der Waals surface area contributed by atoms with E-state index in [0.717, 1.165) is 27.8 Å². The van der Waals surface area contributed by atoms with Crippen LogP contribution in [0, 0.1) is 6.92 Å². The number of carbonyl (C=O) groups excluding carboxylic acids is 1. The van der Waals surface area contributed by atoms with E-state index >= 15 is 0 Å². The molecule has 7 nitrogen and oxygen atoms in total. The third kappa shape index (κ3) is 3.63. The molecule has 0 spiro atoms. The number of aryl methyl sites for hydroxylation is 1. The molecule has 4 rings (SSSR count). The van der Waals surface area contributed by atoms with Gasteiger partial charge in [0.2, 0.25) is 17.6 Å². The highest BCUT2D eigenvalue weighted by Crippen LogP contribution is 2.33. The van der Waals surface area contributed by atoms with Crippen molar-refractivity contribution in [2.75, 3.05) is 12.3 Å². The monoisotopic (exact) mass is 387 g/mol. The Morgan fingerprint density at radius 3 is 2.96 bits per heavy atom. The Kier molecular flexibility index (Phi) is 4.98. The van der Waals surface area contributed by atoms with E-state index in [1.165, 1.54) is 23.1 Å². The van der Waals surface area contributed by atoms with E-state index in [0.29, 0.717) is 24.0 Å². The summed E-state index contributed by atoms with van der Waals surface area (Å²) in [5, 5.41) is 13.0. The van der Waals surface area contributed by atoms with Gasteiger partial charge in [-0.3, -0.25) is 4.79 Å². The third-order valence-electron chi connectivity index (χ3n) is 4.16. The molecule has 0 aliphatic carbocycles. The van der Waals surface area contributed by atoms with Crippen molar-refractivity contribution in [3.8, 4) is 11.4 Å². The topological polar surface area (TPSA) is 85.0 Å². The van der Waals surface area contributed by atoms with Crippen molar-refractivity contribution in [1.82, 2.24) is 25.2 Å². The average molecular weight is 387 g/mol. The van der Waals surface area contributed by atoms with Crippen molar-refractivity contribution in [2.45, 2.75) is 30.1 Å². The van der Waals surface area contributed by atoms with Gasteiger partial charge < -0.3 is 9.42 Å². The average Bonchev–Trinajstić information content (AvgIpc) is 3.40. The molecule has 1 aromatic carbocycles. The number of nitrogens with zero attached hydrogens (tertiary/aromatic N) is 5. The van der Waals surface area contributed by atoms with Crippen LogP contribution in [-0.2, 0) is 4.79 Å². The first-order valence-electron chi connectivity index (χ1n) is 8.32. The highest BCUT2D eigenvalue weighted by Gasteiger charge is 2.34. The molecular formula is C17H17N5O2S2. The van der Waals surface area contributed by atoms with Crippen LogP contribution in [0.25, 0.3) is 11.4 Å². The van der Waals surface area contributed by atoms with Crippen molar-refractivity contribution in [2.24, 2.45) is 0 Å². The van der Waals surface area contributed by atoms with Crippen molar-refractivity contribution < 1.29 is 9.32 Å². The van der Waals surface area contributed by atoms with Gasteiger partial charge in [0.05, 0.1) is 5.75 Å². The van der Waals surface area contributed by atoms with Crippen molar-refractivity contribution >= 4 is 29.0 Å². The number of amides is 1. The zero-order valence-corrected chi connectivity index (χ0v) is 15.8. The fraction of sp³-hybridized carbons (Fsp3) is 0.353. The summed E-state index contributed by atoms with van der Waals surface area (Å²) >= 11 is 2.92. The second-order valence-corrected chi connectivity index (χ2v) is 8.35. The largest absolute Gasteiger partial charge is 0.337 e. The normalized spacial score (nSPS) is 17.0. The van der Waals surface area contributed by atoms with Gasteiger partial charge in [0.25, 0.3) is 0 Å². The van der Waals surface area contributed by atoms with E-state index in [1.807, 2.05) is 42.2 Å².